The summed E-state index contributed by atoms with van der Waals surface area (Å²) in [5, 5.41) is 21.7. The number of rotatable bonds is 14. The predicted molar refractivity (Wildman–Crippen MR) is 577 cm³/mol. The second-order valence-corrected chi connectivity index (χ2v) is 36.4. The molecule has 28 rings (SSSR count). The van der Waals surface area contributed by atoms with Crippen LogP contribution in [0.1, 0.15) is 0 Å². The molecule has 28 aromatic rings. The standard InChI is InChI=1S/C132H82N4/c1-7-33-83(34-8-1)109-81-111(93-41-27-37-85(73-93)89-65-69-121-113(77-89)101-53-19-23-61-117(101)133(121)97-45-11-3-12-46-97)129-105-57-32-60-108-128(105)127-106(58-31-59-107(127)131(129)125(109)95-43-29-39-87(75-95)91-67-71-123-115(79-91)103-55-21-25-63-119(103)135(123)99-49-15-5-16-50-99)130-112(94-42-28-38-86(74-94)90-66-70-122-114(78-90)102-54-20-24-62-118(102)134(122)98-47-13-4-14-48-98)82-110(84-35-9-2-10-36-84)126(132(108)130)96-44-30-40-88(76-96)92-68-72-124-116(80-92)104-56-22-26-64-120(104)136(124)100-51-17-6-18-52-100/h1-82H. The summed E-state index contributed by atoms with van der Waals surface area (Å²) in [5.41, 5.74) is 36.9. The average molecular weight is 1720 g/mol. The largest absolute Gasteiger partial charge is 0.309 e. The lowest BCUT2D eigenvalue weighted by molar-refractivity contribution is 1.18. The fraction of sp³-hybridized carbons (Fsp3) is 0. The summed E-state index contributed by atoms with van der Waals surface area (Å²) in [5.74, 6) is 0. The molecular formula is C132H82N4. The van der Waals surface area contributed by atoms with Gasteiger partial charge in [-0.2, -0.15) is 0 Å². The Morgan fingerprint density at radius 3 is 0.603 bits per heavy atom. The van der Waals surface area contributed by atoms with Crippen LogP contribution >= 0.6 is 0 Å². The molecule has 0 aliphatic heterocycles. The molecule has 4 nitrogen and oxygen atoms in total. The zero-order chi connectivity index (χ0) is 89.2. The van der Waals surface area contributed by atoms with Crippen molar-refractivity contribution in [3.8, 4) is 134 Å². The summed E-state index contributed by atoms with van der Waals surface area (Å²) in [6.07, 6.45) is 0. The van der Waals surface area contributed by atoms with E-state index in [0.717, 1.165) is 123 Å². The molecule has 0 spiro atoms. The fourth-order valence-electron chi connectivity index (χ4n) is 23.2. The van der Waals surface area contributed by atoms with E-state index in [1.807, 2.05) is 0 Å². The highest BCUT2D eigenvalue weighted by Gasteiger charge is 2.30. The topological polar surface area (TPSA) is 19.7 Å². The van der Waals surface area contributed by atoms with Crippen molar-refractivity contribution < 1.29 is 0 Å². The first kappa shape index (κ1) is 76.9. The highest BCUT2D eigenvalue weighted by molar-refractivity contribution is 6.45. The van der Waals surface area contributed by atoms with Crippen molar-refractivity contribution >= 4 is 141 Å². The van der Waals surface area contributed by atoms with Crippen molar-refractivity contribution in [2.75, 3.05) is 0 Å². The maximum absolute atomic E-state index is 2.56. The van der Waals surface area contributed by atoms with Crippen LogP contribution in [0.4, 0.5) is 0 Å². The van der Waals surface area contributed by atoms with Gasteiger partial charge in [-0.15, -0.1) is 0 Å². The number of benzene rings is 24. The zero-order valence-corrected chi connectivity index (χ0v) is 74.1. The van der Waals surface area contributed by atoms with Crippen molar-refractivity contribution in [2.45, 2.75) is 0 Å². The SMILES string of the molecule is c1ccc(-c2cc(-c3cccc(-c4ccc5c(c4)c4ccccc4n5-c4ccccc4)c3)c3c4cccc5c6c(-c7cccc(-c8ccc9c(c8)c8ccccc8n9-c8ccccc8)c7)c(-c7ccccc7)cc(-c7cccc(-c8ccc9c(c8)c8ccccc8n9-c8ccccc8)c7)c6c6cccc(c3c2-c2cccc(-c3ccc7c(c3)c3ccccc3n7-c3ccccc3)c2)c6c45)cc1. The smallest absolute Gasteiger partial charge is 0.0541 e. The van der Waals surface area contributed by atoms with Gasteiger partial charge >= 0.3 is 0 Å². The van der Waals surface area contributed by atoms with Crippen molar-refractivity contribution in [3.05, 3.63) is 497 Å². The van der Waals surface area contributed by atoms with Gasteiger partial charge in [0.2, 0.25) is 0 Å². The van der Waals surface area contributed by atoms with Crippen molar-refractivity contribution in [2.24, 2.45) is 0 Å². The Morgan fingerprint density at radius 2 is 0.309 bits per heavy atom. The molecule has 4 heterocycles. The first-order chi connectivity index (χ1) is 67.5. The molecule has 630 valence electrons. The van der Waals surface area contributed by atoms with E-state index in [-0.39, 0.29) is 0 Å². The van der Waals surface area contributed by atoms with Crippen LogP contribution in [0.25, 0.3) is 275 Å². The minimum atomic E-state index is 1.13. The van der Waals surface area contributed by atoms with Crippen molar-refractivity contribution in [1.29, 1.82) is 0 Å². The van der Waals surface area contributed by atoms with Crippen LogP contribution < -0.4 is 0 Å². The summed E-state index contributed by atoms with van der Waals surface area (Å²) in [7, 11) is 0. The number of hydrogen-bond donors (Lipinski definition) is 0. The molecule has 0 atom stereocenters. The van der Waals surface area contributed by atoms with Crippen LogP contribution in [-0.4, -0.2) is 18.3 Å². The number of para-hydroxylation sites is 8. The quantitative estimate of drug-likeness (QED) is 0.0764. The van der Waals surface area contributed by atoms with Gasteiger partial charge in [0, 0.05) is 65.8 Å². The minimum absolute atomic E-state index is 1.13. The lowest BCUT2D eigenvalue weighted by Crippen LogP contribution is -1.98. The summed E-state index contributed by atoms with van der Waals surface area (Å²) < 4.78 is 9.65. The van der Waals surface area contributed by atoms with Gasteiger partial charge in [0.25, 0.3) is 0 Å². The first-order valence-electron chi connectivity index (χ1n) is 47.1. The highest BCUT2D eigenvalue weighted by atomic mass is 15.0. The number of nitrogens with zero attached hydrogens (tertiary/aromatic N) is 4. The highest BCUT2D eigenvalue weighted by Crippen LogP contribution is 2.58. The normalized spacial score (nSPS) is 12.0. The Labute approximate surface area is 785 Å². The van der Waals surface area contributed by atoms with E-state index >= 15 is 0 Å². The van der Waals surface area contributed by atoms with E-state index in [9.17, 15) is 0 Å². The molecule has 4 aromatic heterocycles. The van der Waals surface area contributed by atoms with Crippen molar-refractivity contribution in [1.82, 2.24) is 18.3 Å². The van der Waals surface area contributed by atoms with E-state index in [0.29, 0.717) is 0 Å². The van der Waals surface area contributed by atoms with Gasteiger partial charge in [-0.3, -0.25) is 0 Å². The summed E-state index contributed by atoms with van der Waals surface area (Å²) in [4.78, 5) is 0. The van der Waals surface area contributed by atoms with Crippen LogP contribution in [0.15, 0.2) is 497 Å². The molecule has 4 heteroatoms. The predicted octanol–water partition coefficient (Wildman–Crippen LogP) is 35.9. The number of aromatic nitrogens is 4. The van der Waals surface area contributed by atoms with Gasteiger partial charge in [-0.25, -0.2) is 0 Å². The molecule has 0 saturated carbocycles. The molecule has 24 aromatic carbocycles. The van der Waals surface area contributed by atoms with E-state index in [2.05, 4.69) is 516 Å². The number of hydrogen-bond acceptors (Lipinski definition) is 0. The minimum Gasteiger partial charge on any atom is -0.309 e. The summed E-state index contributed by atoms with van der Waals surface area (Å²) >= 11 is 0. The van der Waals surface area contributed by atoms with Crippen LogP contribution in [0.2, 0.25) is 0 Å². The summed E-state index contributed by atoms with van der Waals surface area (Å²) in [6.45, 7) is 0. The molecule has 0 radical (unpaired) electrons. The van der Waals surface area contributed by atoms with E-state index in [1.54, 1.807) is 0 Å². The Kier molecular flexibility index (Phi) is 17.4. The van der Waals surface area contributed by atoms with E-state index in [4.69, 9.17) is 0 Å². The first-order valence-corrected chi connectivity index (χ1v) is 47.1. The Bertz CT molecular complexity index is 9200. The molecule has 0 aliphatic rings. The van der Waals surface area contributed by atoms with Gasteiger partial charge in [-0.05, 0) is 323 Å². The second-order valence-electron chi connectivity index (χ2n) is 36.4. The molecule has 0 amide bonds. The molecule has 0 unspecified atom stereocenters. The Balaban J connectivity index is 0.741. The van der Waals surface area contributed by atoms with Crippen molar-refractivity contribution in [3.63, 3.8) is 0 Å². The second kappa shape index (κ2) is 30.8. The van der Waals surface area contributed by atoms with Gasteiger partial charge in [0.15, 0.2) is 0 Å². The van der Waals surface area contributed by atoms with E-state index < -0.39 is 0 Å². The molecule has 136 heavy (non-hydrogen) atoms. The maximum atomic E-state index is 2.56. The van der Waals surface area contributed by atoms with Gasteiger partial charge < -0.3 is 18.3 Å². The molecule has 0 saturated heterocycles. The summed E-state index contributed by atoms with van der Waals surface area (Å²) in [6, 6.07) is 187. The monoisotopic (exact) mass is 1720 g/mol. The van der Waals surface area contributed by atoms with Gasteiger partial charge in [0.1, 0.15) is 0 Å². The van der Waals surface area contributed by atoms with Crippen LogP contribution in [0, 0.1) is 0 Å². The fourth-order valence-corrected chi connectivity index (χ4v) is 23.2. The Hall–Kier alpha value is -18.0. The zero-order valence-electron chi connectivity index (χ0n) is 74.1. The van der Waals surface area contributed by atoms with Crippen LogP contribution in [-0.2, 0) is 0 Å². The maximum Gasteiger partial charge on any atom is 0.0541 e. The third-order valence-electron chi connectivity index (χ3n) is 29.0. The van der Waals surface area contributed by atoms with Crippen LogP contribution in [0.5, 0.6) is 0 Å². The molecule has 0 fully saturated rings. The molecule has 0 aliphatic carbocycles. The molecule has 0 N–H and O–H groups in total. The lowest BCUT2D eigenvalue weighted by atomic mass is 9.76. The third kappa shape index (κ3) is 12.0. The molecular weight excluding hydrogens is 1640 g/mol. The van der Waals surface area contributed by atoms with Crippen LogP contribution in [0.3, 0.4) is 0 Å². The van der Waals surface area contributed by atoms with Gasteiger partial charge in [-0.1, -0.05) is 340 Å². The lowest BCUT2D eigenvalue weighted by Gasteiger charge is -2.26. The third-order valence-corrected chi connectivity index (χ3v) is 29.0. The molecule has 0 bridgehead atoms. The Morgan fingerprint density at radius 1 is 0.103 bits per heavy atom. The van der Waals surface area contributed by atoms with E-state index in [1.165, 1.54) is 152 Å². The van der Waals surface area contributed by atoms with Gasteiger partial charge in [0.05, 0.1) is 44.1 Å². The number of fused-ring (bicyclic) bond motifs is 18. The average Bonchev–Trinajstić information content (AvgIpc) is 1.61.